The molecule has 0 aromatic heterocycles. The molecule has 6 nitrogen and oxygen atoms in total. The summed E-state index contributed by atoms with van der Waals surface area (Å²) in [5, 5.41) is 12.4. The molecule has 2 aliphatic rings. The van der Waals surface area contributed by atoms with Crippen molar-refractivity contribution in [1.29, 1.82) is 0 Å². The standard InChI is InChI=1S/C23H25FN2O4/c1-3-21(27)25-20-9-5-16(15-23(20,2)22(28)29)4-6-17-7-8-18(14-19(17)24)26-10-12-30-13-11-26/h5,7-9,14H,3,10-13,15H2,1-2H3,(H,25,27)(H,28,29). The van der Waals surface area contributed by atoms with Gasteiger partial charge in [-0.1, -0.05) is 18.8 Å². The zero-order valence-electron chi connectivity index (χ0n) is 17.1. The van der Waals surface area contributed by atoms with Gasteiger partial charge in [0.1, 0.15) is 11.2 Å². The maximum absolute atomic E-state index is 14.6. The average Bonchev–Trinajstić information content (AvgIpc) is 2.75. The van der Waals surface area contributed by atoms with Gasteiger partial charge in [-0.15, -0.1) is 0 Å². The maximum Gasteiger partial charge on any atom is 0.315 e. The number of allylic oxidation sites excluding steroid dienone is 3. The van der Waals surface area contributed by atoms with E-state index in [4.69, 9.17) is 4.74 Å². The highest BCUT2D eigenvalue weighted by molar-refractivity contribution is 5.84. The first kappa shape index (κ1) is 21.6. The third kappa shape index (κ3) is 4.71. The number of amides is 1. The molecule has 0 spiro atoms. The fourth-order valence-electron chi connectivity index (χ4n) is 3.37. The highest BCUT2D eigenvalue weighted by Crippen LogP contribution is 2.36. The molecule has 2 N–H and O–H groups in total. The first-order valence-electron chi connectivity index (χ1n) is 9.92. The van der Waals surface area contributed by atoms with Crippen LogP contribution in [-0.4, -0.2) is 43.3 Å². The van der Waals surface area contributed by atoms with Gasteiger partial charge < -0.3 is 20.1 Å². The molecule has 1 saturated heterocycles. The van der Waals surface area contributed by atoms with Crippen molar-refractivity contribution in [3.8, 4) is 11.8 Å². The molecule has 3 rings (SSSR count). The van der Waals surface area contributed by atoms with E-state index in [0.717, 1.165) is 5.69 Å². The predicted octanol–water partition coefficient (Wildman–Crippen LogP) is 2.84. The summed E-state index contributed by atoms with van der Waals surface area (Å²) in [6, 6.07) is 4.92. The lowest BCUT2D eigenvalue weighted by Crippen LogP contribution is -2.40. The van der Waals surface area contributed by atoms with E-state index >= 15 is 0 Å². The number of aliphatic carboxylic acids is 1. The number of hydrogen-bond acceptors (Lipinski definition) is 4. The van der Waals surface area contributed by atoms with Crippen LogP contribution < -0.4 is 10.2 Å². The van der Waals surface area contributed by atoms with Crippen LogP contribution in [0.5, 0.6) is 0 Å². The van der Waals surface area contributed by atoms with Crippen LogP contribution in [0.3, 0.4) is 0 Å². The molecule has 7 heteroatoms. The number of carbonyl (C=O) groups excluding carboxylic acids is 1. The highest BCUT2D eigenvalue weighted by atomic mass is 19.1. The molecule has 1 aromatic rings. The van der Waals surface area contributed by atoms with Crippen molar-refractivity contribution in [3.05, 3.63) is 53.0 Å². The second-order valence-corrected chi connectivity index (χ2v) is 7.50. The Morgan fingerprint density at radius 1 is 1.27 bits per heavy atom. The topological polar surface area (TPSA) is 78.9 Å². The van der Waals surface area contributed by atoms with Gasteiger partial charge in [0.2, 0.25) is 5.91 Å². The Balaban J connectivity index is 1.81. The van der Waals surface area contributed by atoms with Gasteiger partial charge in [0, 0.05) is 42.9 Å². The number of morpholine rings is 1. The molecule has 0 radical (unpaired) electrons. The number of carboxylic acids is 1. The third-order valence-corrected chi connectivity index (χ3v) is 5.34. The van der Waals surface area contributed by atoms with Gasteiger partial charge in [-0.3, -0.25) is 9.59 Å². The molecule has 1 aromatic carbocycles. The van der Waals surface area contributed by atoms with Crippen molar-refractivity contribution in [3.63, 3.8) is 0 Å². The molecule has 1 heterocycles. The smallest absolute Gasteiger partial charge is 0.315 e. The van der Waals surface area contributed by atoms with Gasteiger partial charge in [0.05, 0.1) is 18.8 Å². The van der Waals surface area contributed by atoms with E-state index in [-0.39, 0.29) is 24.3 Å². The lowest BCUT2D eigenvalue weighted by Gasteiger charge is -2.30. The van der Waals surface area contributed by atoms with Crippen molar-refractivity contribution >= 4 is 17.6 Å². The Hall–Kier alpha value is -3.11. The van der Waals surface area contributed by atoms with Crippen LogP contribution in [0.4, 0.5) is 10.1 Å². The SMILES string of the molecule is CCC(=O)NC1=CC=C(C#Cc2ccc(N3CCOCC3)cc2F)CC1(C)C(=O)O. The van der Waals surface area contributed by atoms with Crippen LogP contribution in [0.1, 0.15) is 32.3 Å². The van der Waals surface area contributed by atoms with E-state index in [0.29, 0.717) is 37.6 Å². The van der Waals surface area contributed by atoms with E-state index < -0.39 is 17.2 Å². The summed E-state index contributed by atoms with van der Waals surface area (Å²) >= 11 is 0. The Morgan fingerprint density at radius 2 is 2.00 bits per heavy atom. The van der Waals surface area contributed by atoms with Gasteiger partial charge in [0.15, 0.2) is 0 Å². The van der Waals surface area contributed by atoms with Crippen LogP contribution in [-0.2, 0) is 14.3 Å². The quantitative estimate of drug-likeness (QED) is 0.744. The molecule has 1 fully saturated rings. The van der Waals surface area contributed by atoms with Gasteiger partial charge in [-0.2, -0.15) is 0 Å². The third-order valence-electron chi connectivity index (χ3n) is 5.34. The molecule has 1 aliphatic carbocycles. The number of rotatable bonds is 4. The summed E-state index contributed by atoms with van der Waals surface area (Å²) in [6.07, 6.45) is 3.60. The maximum atomic E-state index is 14.6. The predicted molar refractivity (Wildman–Crippen MR) is 111 cm³/mol. The molecular weight excluding hydrogens is 387 g/mol. The first-order valence-corrected chi connectivity index (χ1v) is 9.92. The Bertz CT molecular complexity index is 967. The fraction of sp³-hybridized carbons (Fsp3) is 0.391. The summed E-state index contributed by atoms with van der Waals surface area (Å²) in [6.45, 7) is 5.91. The second kappa shape index (κ2) is 9.14. The number of carboxylic acid groups (broad SMARTS) is 1. The Labute approximate surface area is 175 Å². The van der Waals surface area contributed by atoms with Crippen LogP contribution in [0, 0.1) is 23.1 Å². The lowest BCUT2D eigenvalue weighted by molar-refractivity contribution is -0.146. The zero-order chi connectivity index (χ0) is 21.7. The van der Waals surface area contributed by atoms with Crippen LogP contribution in [0.15, 0.2) is 41.6 Å². The molecule has 30 heavy (non-hydrogen) atoms. The van der Waals surface area contributed by atoms with Gasteiger partial charge in [0.25, 0.3) is 0 Å². The number of halogens is 1. The molecule has 158 valence electrons. The monoisotopic (exact) mass is 412 g/mol. The lowest BCUT2D eigenvalue weighted by atomic mass is 9.77. The number of benzene rings is 1. The van der Waals surface area contributed by atoms with Crippen LogP contribution in [0.25, 0.3) is 0 Å². The van der Waals surface area contributed by atoms with E-state index in [9.17, 15) is 19.1 Å². The highest BCUT2D eigenvalue weighted by Gasteiger charge is 2.40. The van der Waals surface area contributed by atoms with Crippen LogP contribution >= 0.6 is 0 Å². The molecule has 1 unspecified atom stereocenters. The second-order valence-electron chi connectivity index (χ2n) is 7.50. The van der Waals surface area contributed by atoms with E-state index in [1.165, 1.54) is 6.07 Å². The van der Waals surface area contributed by atoms with E-state index in [1.807, 2.05) is 6.07 Å². The molecule has 0 saturated carbocycles. The fourth-order valence-corrected chi connectivity index (χ4v) is 3.37. The zero-order valence-corrected chi connectivity index (χ0v) is 17.1. The largest absolute Gasteiger partial charge is 0.481 e. The molecule has 1 atom stereocenters. The summed E-state index contributed by atoms with van der Waals surface area (Å²) in [5.41, 5.74) is 0.622. The minimum atomic E-state index is -1.30. The number of carbonyl (C=O) groups is 2. The Kier molecular flexibility index (Phi) is 6.58. The minimum Gasteiger partial charge on any atom is -0.481 e. The van der Waals surface area contributed by atoms with Gasteiger partial charge >= 0.3 is 5.97 Å². The van der Waals surface area contributed by atoms with Gasteiger partial charge in [-0.05, 0) is 37.3 Å². The molecule has 0 bridgehead atoms. The summed E-state index contributed by atoms with van der Waals surface area (Å²) in [4.78, 5) is 25.7. The van der Waals surface area contributed by atoms with Crippen molar-refractivity contribution < 1.29 is 23.8 Å². The minimum absolute atomic E-state index is 0.110. The average molecular weight is 412 g/mol. The van der Waals surface area contributed by atoms with E-state index in [1.54, 1.807) is 32.1 Å². The number of nitrogens with zero attached hydrogens (tertiary/aromatic N) is 1. The molecule has 1 aliphatic heterocycles. The number of ether oxygens (including phenoxy) is 1. The van der Waals surface area contributed by atoms with Crippen molar-refractivity contribution in [1.82, 2.24) is 5.32 Å². The van der Waals surface area contributed by atoms with E-state index in [2.05, 4.69) is 22.1 Å². The van der Waals surface area contributed by atoms with Crippen molar-refractivity contribution in [2.45, 2.75) is 26.7 Å². The summed E-state index contributed by atoms with van der Waals surface area (Å²) in [5.74, 6) is 3.97. The van der Waals surface area contributed by atoms with Gasteiger partial charge in [-0.25, -0.2) is 4.39 Å². The van der Waals surface area contributed by atoms with Crippen LogP contribution in [0.2, 0.25) is 0 Å². The number of anilines is 1. The Morgan fingerprint density at radius 3 is 2.63 bits per heavy atom. The summed E-state index contributed by atoms with van der Waals surface area (Å²) < 4.78 is 19.9. The molecule has 1 amide bonds. The number of hydrogen-bond donors (Lipinski definition) is 2. The van der Waals surface area contributed by atoms with Crippen molar-refractivity contribution in [2.24, 2.45) is 5.41 Å². The summed E-state index contributed by atoms with van der Waals surface area (Å²) in [7, 11) is 0. The van der Waals surface area contributed by atoms with Crippen molar-refractivity contribution in [2.75, 3.05) is 31.2 Å². The number of nitrogens with one attached hydrogen (secondary N) is 1. The first-order chi connectivity index (χ1) is 14.3. The molecular formula is C23H25FN2O4. The normalized spacial score (nSPS) is 21.1.